The summed E-state index contributed by atoms with van der Waals surface area (Å²) in [6.45, 7) is 1.96. The molecule has 0 bridgehead atoms. The molecular formula is C19H17ClO5. The molecule has 2 aromatic carbocycles. The highest BCUT2D eigenvalue weighted by molar-refractivity contribution is 6.31. The Labute approximate surface area is 150 Å². The first-order valence-electron chi connectivity index (χ1n) is 8.02. The Morgan fingerprint density at radius 2 is 1.88 bits per heavy atom. The Morgan fingerprint density at radius 1 is 1.16 bits per heavy atom. The smallest absolute Gasteiger partial charge is 0.308 e. The Bertz CT molecular complexity index is 832. The third kappa shape index (κ3) is 2.95. The normalized spacial score (nSPS) is 18.4. The van der Waals surface area contributed by atoms with Crippen LogP contribution in [0.4, 0.5) is 0 Å². The predicted octanol–water partition coefficient (Wildman–Crippen LogP) is 4.31. The minimum Gasteiger partial charge on any atom is -0.421 e. The third-order valence-corrected chi connectivity index (χ3v) is 4.46. The van der Waals surface area contributed by atoms with Gasteiger partial charge in [0.15, 0.2) is 5.78 Å². The Kier molecular flexibility index (Phi) is 4.90. The zero-order chi connectivity index (χ0) is 18.0. The van der Waals surface area contributed by atoms with E-state index in [9.17, 15) is 14.8 Å². The van der Waals surface area contributed by atoms with Gasteiger partial charge in [0.2, 0.25) is 0 Å². The number of rotatable bonds is 5. The molecule has 1 atom stereocenters. The zero-order valence-corrected chi connectivity index (χ0v) is 14.4. The summed E-state index contributed by atoms with van der Waals surface area (Å²) >= 11 is 6.02. The van der Waals surface area contributed by atoms with Gasteiger partial charge in [0.1, 0.15) is 0 Å². The van der Waals surface area contributed by atoms with Crippen LogP contribution in [0, 0.1) is 0 Å². The van der Waals surface area contributed by atoms with E-state index in [0.29, 0.717) is 11.4 Å². The Balaban J connectivity index is 2.19. The fourth-order valence-electron chi connectivity index (χ4n) is 3.01. The number of hydrogen-bond acceptors (Lipinski definition) is 5. The van der Waals surface area contributed by atoms with Crippen LogP contribution in [0.3, 0.4) is 0 Å². The van der Waals surface area contributed by atoms with Crippen molar-refractivity contribution in [3.8, 4) is 0 Å². The van der Waals surface area contributed by atoms with Crippen LogP contribution in [0.2, 0.25) is 5.02 Å². The van der Waals surface area contributed by atoms with Crippen LogP contribution in [-0.4, -0.2) is 17.0 Å². The molecular weight excluding hydrogens is 344 g/mol. The summed E-state index contributed by atoms with van der Waals surface area (Å²) in [5, 5.41) is 10.1. The van der Waals surface area contributed by atoms with Gasteiger partial charge < -0.3 is 4.74 Å². The van der Waals surface area contributed by atoms with Crippen molar-refractivity contribution in [3.05, 3.63) is 69.7 Å². The van der Waals surface area contributed by atoms with Crippen LogP contribution in [0.15, 0.2) is 42.5 Å². The first-order valence-corrected chi connectivity index (χ1v) is 8.40. The number of halogens is 1. The first kappa shape index (κ1) is 17.6. The lowest BCUT2D eigenvalue weighted by molar-refractivity contribution is -0.384. The molecule has 3 rings (SSSR count). The molecule has 0 aromatic heterocycles. The van der Waals surface area contributed by atoms with E-state index in [1.807, 2.05) is 6.92 Å². The van der Waals surface area contributed by atoms with Crippen molar-refractivity contribution in [2.45, 2.75) is 32.0 Å². The highest BCUT2D eigenvalue weighted by atomic mass is 35.5. The summed E-state index contributed by atoms with van der Waals surface area (Å²) in [4.78, 5) is 29.8. The maximum atomic E-state index is 12.8. The monoisotopic (exact) mass is 360 g/mol. The van der Waals surface area contributed by atoms with Gasteiger partial charge in [0, 0.05) is 33.7 Å². The lowest BCUT2D eigenvalue weighted by atomic mass is 9.80. The van der Waals surface area contributed by atoms with E-state index in [1.54, 1.807) is 30.3 Å². The quantitative estimate of drug-likeness (QED) is 0.372. The van der Waals surface area contributed by atoms with Crippen LogP contribution < -0.4 is 0 Å². The predicted molar refractivity (Wildman–Crippen MR) is 91.4 cm³/mol. The van der Waals surface area contributed by atoms with Gasteiger partial charge in [-0.15, -0.1) is 0 Å². The lowest BCUT2D eigenvalue weighted by Crippen LogP contribution is -2.41. The highest BCUT2D eigenvalue weighted by Crippen LogP contribution is 2.44. The second-order valence-electron chi connectivity index (χ2n) is 5.85. The summed E-state index contributed by atoms with van der Waals surface area (Å²) in [7, 11) is 0. The molecule has 130 valence electrons. The Hall–Kier alpha value is -2.21. The van der Waals surface area contributed by atoms with E-state index in [2.05, 4.69) is 0 Å². The SMILES string of the molecule is CCCCC(=O)OC1(OO)c2ccccc2C(=O)c2cc(Cl)ccc21. The van der Waals surface area contributed by atoms with E-state index < -0.39 is 11.8 Å². The number of ether oxygens (including phenoxy) is 1. The summed E-state index contributed by atoms with van der Waals surface area (Å²) in [5.41, 5.74) is 1.04. The second-order valence-corrected chi connectivity index (χ2v) is 6.29. The topological polar surface area (TPSA) is 72.8 Å². The van der Waals surface area contributed by atoms with Gasteiger partial charge in [-0.1, -0.05) is 49.2 Å². The molecule has 1 aliphatic carbocycles. The molecule has 0 saturated carbocycles. The standard InChI is InChI=1S/C19H17ClO5/c1-2-3-8-17(21)24-19(25-23)15-7-5-4-6-13(15)18(22)14-11-12(20)9-10-16(14)19/h4-7,9-11,23H,2-3,8H2,1H3. The zero-order valence-electron chi connectivity index (χ0n) is 13.6. The van der Waals surface area contributed by atoms with Crippen molar-refractivity contribution in [2.75, 3.05) is 0 Å². The molecule has 0 amide bonds. The van der Waals surface area contributed by atoms with E-state index in [0.717, 1.165) is 6.42 Å². The third-order valence-electron chi connectivity index (χ3n) is 4.23. The summed E-state index contributed by atoms with van der Waals surface area (Å²) in [6.07, 6.45) is 1.65. The van der Waals surface area contributed by atoms with Crippen LogP contribution in [0.1, 0.15) is 53.2 Å². The van der Waals surface area contributed by atoms with Gasteiger partial charge in [-0.05, 0) is 24.6 Å². The molecule has 6 heteroatoms. The number of esters is 1. The van der Waals surface area contributed by atoms with E-state index in [-0.39, 0.29) is 34.5 Å². The lowest BCUT2D eigenvalue weighted by Gasteiger charge is -2.36. The molecule has 0 radical (unpaired) electrons. The molecule has 0 fully saturated rings. The van der Waals surface area contributed by atoms with Crippen molar-refractivity contribution >= 4 is 23.4 Å². The average molecular weight is 361 g/mol. The minimum atomic E-state index is -1.89. The fraction of sp³-hybridized carbons (Fsp3) is 0.263. The van der Waals surface area contributed by atoms with Crippen molar-refractivity contribution in [1.82, 2.24) is 0 Å². The maximum absolute atomic E-state index is 12.8. The highest BCUT2D eigenvalue weighted by Gasteiger charge is 2.49. The number of ketones is 1. The number of carbonyl (C=O) groups is 2. The minimum absolute atomic E-state index is 0.181. The fourth-order valence-corrected chi connectivity index (χ4v) is 3.18. The number of hydrogen-bond donors (Lipinski definition) is 1. The summed E-state index contributed by atoms with van der Waals surface area (Å²) in [5.74, 6) is -2.69. The molecule has 1 unspecified atom stereocenters. The van der Waals surface area contributed by atoms with Gasteiger partial charge in [-0.2, -0.15) is 4.89 Å². The van der Waals surface area contributed by atoms with Gasteiger partial charge >= 0.3 is 5.97 Å². The van der Waals surface area contributed by atoms with E-state index in [1.165, 1.54) is 12.1 Å². The number of carbonyl (C=O) groups excluding carboxylic acids is 2. The average Bonchev–Trinajstić information content (AvgIpc) is 2.63. The molecule has 0 saturated heterocycles. The van der Waals surface area contributed by atoms with Crippen molar-refractivity contribution in [3.63, 3.8) is 0 Å². The molecule has 0 aliphatic heterocycles. The van der Waals surface area contributed by atoms with Gasteiger partial charge in [-0.25, -0.2) is 5.26 Å². The molecule has 1 aliphatic rings. The van der Waals surface area contributed by atoms with E-state index in [4.69, 9.17) is 21.2 Å². The van der Waals surface area contributed by atoms with Gasteiger partial charge in [0.05, 0.1) is 0 Å². The molecule has 0 heterocycles. The van der Waals surface area contributed by atoms with Crippen LogP contribution in [0.25, 0.3) is 0 Å². The molecule has 2 aromatic rings. The van der Waals surface area contributed by atoms with Crippen molar-refractivity contribution in [1.29, 1.82) is 0 Å². The second kappa shape index (κ2) is 6.96. The van der Waals surface area contributed by atoms with E-state index >= 15 is 0 Å². The van der Waals surface area contributed by atoms with Crippen LogP contribution in [0.5, 0.6) is 0 Å². The largest absolute Gasteiger partial charge is 0.421 e. The number of unbranched alkanes of at least 4 members (excludes halogenated alkanes) is 1. The molecule has 0 spiro atoms. The number of benzene rings is 2. The molecule has 25 heavy (non-hydrogen) atoms. The summed E-state index contributed by atoms with van der Waals surface area (Å²) in [6, 6.07) is 11.1. The summed E-state index contributed by atoms with van der Waals surface area (Å²) < 4.78 is 5.56. The van der Waals surface area contributed by atoms with Gasteiger partial charge in [-0.3, -0.25) is 9.59 Å². The first-order chi connectivity index (χ1) is 12.0. The maximum Gasteiger partial charge on any atom is 0.308 e. The van der Waals surface area contributed by atoms with Crippen LogP contribution >= 0.6 is 11.6 Å². The van der Waals surface area contributed by atoms with Crippen molar-refractivity contribution in [2.24, 2.45) is 0 Å². The van der Waals surface area contributed by atoms with Crippen LogP contribution in [-0.2, 0) is 20.2 Å². The molecule has 1 N–H and O–H groups in total. The van der Waals surface area contributed by atoms with Gasteiger partial charge in [0.25, 0.3) is 5.79 Å². The number of fused-ring (bicyclic) bond motifs is 2. The molecule has 5 nitrogen and oxygen atoms in total. The van der Waals surface area contributed by atoms with Crippen molar-refractivity contribution < 1.29 is 24.5 Å². The Morgan fingerprint density at radius 3 is 2.60 bits per heavy atom.